The third kappa shape index (κ3) is 4.53. The number of carbonyl (C=O) groups is 2. The van der Waals surface area contributed by atoms with E-state index in [0.29, 0.717) is 15.8 Å². The fourth-order valence-corrected chi connectivity index (χ4v) is 6.35. The number of nitrogens with zero attached hydrogens (tertiary/aromatic N) is 3. The van der Waals surface area contributed by atoms with Crippen LogP contribution in [0.2, 0.25) is 5.02 Å². The molecule has 0 unspecified atom stereocenters. The molecule has 3 heterocycles. The third-order valence-electron chi connectivity index (χ3n) is 6.95. The maximum absolute atomic E-state index is 13.0. The number of thiophene rings is 1. The number of halogens is 1. The Morgan fingerprint density at radius 3 is 2.55 bits per heavy atom. The van der Waals surface area contributed by atoms with Crippen molar-refractivity contribution in [2.75, 3.05) is 13.1 Å². The summed E-state index contributed by atoms with van der Waals surface area (Å²) in [6.07, 6.45) is 7.28. The van der Waals surface area contributed by atoms with E-state index in [1.807, 2.05) is 46.8 Å². The van der Waals surface area contributed by atoms with Crippen LogP contribution in [-0.2, 0) is 4.79 Å². The van der Waals surface area contributed by atoms with Gasteiger partial charge in [0.15, 0.2) is 0 Å². The molecule has 33 heavy (non-hydrogen) atoms. The van der Waals surface area contributed by atoms with E-state index in [2.05, 4.69) is 10.4 Å². The fraction of sp³-hybridized carbons (Fsp3) is 0.480. The van der Waals surface area contributed by atoms with Gasteiger partial charge < -0.3 is 10.2 Å². The Kier molecular flexibility index (Phi) is 6.43. The van der Waals surface area contributed by atoms with Crippen LogP contribution in [0.15, 0.2) is 30.3 Å². The lowest BCUT2D eigenvalue weighted by molar-refractivity contribution is -0.137. The number of para-hydroxylation sites is 1. The number of aromatic nitrogens is 2. The Morgan fingerprint density at radius 2 is 1.82 bits per heavy atom. The zero-order valence-electron chi connectivity index (χ0n) is 18.8. The second-order valence-electron chi connectivity index (χ2n) is 9.19. The third-order valence-corrected chi connectivity index (χ3v) is 8.37. The lowest BCUT2D eigenvalue weighted by atomic mass is 9.87. The summed E-state index contributed by atoms with van der Waals surface area (Å²) >= 11 is 7.82. The summed E-state index contributed by atoms with van der Waals surface area (Å²) < 4.78 is 1.82. The molecule has 2 amide bonds. The number of benzene rings is 1. The van der Waals surface area contributed by atoms with Gasteiger partial charge in [-0.05, 0) is 50.8 Å². The van der Waals surface area contributed by atoms with Gasteiger partial charge in [0, 0.05) is 30.4 Å². The van der Waals surface area contributed by atoms with Gasteiger partial charge in [-0.15, -0.1) is 11.3 Å². The van der Waals surface area contributed by atoms with E-state index in [1.165, 1.54) is 30.6 Å². The molecule has 3 aromatic rings. The number of carbonyl (C=O) groups excluding carboxylic acids is 2. The minimum atomic E-state index is -0.0571. The largest absolute Gasteiger partial charge is 0.348 e. The molecule has 1 saturated heterocycles. The van der Waals surface area contributed by atoms with E-state index >= 15 is 0 Å². The smallest absolute Gasteiger partial charge is 0.261 e. The van der Waals surface area contributed by atoms with Crippen molar-refractivity contribution < 1.29 is 9.59 Å². The van der Waals surface area contributed by atoms with E-state index < -0.39 is 0 Å². The van der Waals surface area contributed by atoms with Gasteiger partial charge in [0.25, 0.3) is 5.91 Å². The number of aryl methyl sites for hydroxylation is 1. The number of hydrogen-bond donors (Lipinski definition) is 1. The number of amides is 2. The Morgan fingerprint density at radius 1 is 1.09 bits per heavy atom. The van der Waals surface area contributed by atoms with Crippen molar-refractivity contribution in [2.45, 2.75) is 57.9 Å². The number of piperidine rings is 1. The molecular weight excluding hydrogens is 456 g/mol. The second-order valence-corrected chi connectivity index (χ2v) is 10.6. The molecule has 6 nitrogen and oxygen atoms in total. The van der Waals surface area contributed by atoms with E-state index in [1.54, 1.807) is 0 Å². The molecule has 1 saturated carbocycles. The highest BCUT2D eigenvalue weighted by Gasteiger charge is 2.30. The minimum absolute atomic E-state index is 0.0571. The summed E-state index contributed by atoms with van der Waals surface area (Å²) in [5.74, 6) is 0.478. The van der Waals surface area contributed by atoms with Crippen LogP contribution in [0.25, 0.3) is 15.9 Å². The van der Waals surface area contributed by atoms with Gasteiger partial charge in [-0.25, -0.2) is 4.68 Å². The second kappa shape index (κ2) is 9.47. The average molecular weight is 485 g/mol. The van der Waals surface area contributed by atoms with Gasteiger partial charge in [-0.3, -0.25) is 9.59 Å². The molecule has 0 bridgehead atoms. The highest BCUT2D eigenvalue weighted by molar-refractivity contribution is 7.20. The number of fused-ring (bicyclic) bond motifs is 1. The maximum atomic E-state index is 13.0. The predicted molar refractivity (Wildman–Crippen MR) is 132 cm³/mol. The molecular formula is C25H29ClN4O2S. The van der Waals surface area contributed by atoms with Crippen LogP contribution in [0.5, 0.6) is 0 Å². The van der Waals surface area contributed by atoms with Crippen molar-refractivity contribution in [2.24, 2.45) is 5.92 Å². The van der Waals surface area contributed by atoms with E-state index in [-0.39, 0.29) is 17.9 Å². The molecule has 8 heteroatoms. The van der Waals surface area contributed by atoms with Gasteiger partial charge >= 0.3 is 0 Å². The van der Waals surface area contributed by atoms with Crippen LogP contribution >= 0.6 is 22.9 Å². The SMILES string of the molecule is Cc1nn(-c2ccccc2Cl)c2sc(C(=O)NC3CCN(C(=O)C4CCCCC4)CC3)cc12. The Balaban J connectivity index is 1.24. The lowest BCUT2D eigenvalue weighted by Gasteiger charge is -2.35. The summed E-state index contributed by atoms with van der Waals surface area (Å²) in [6.45, 7) is 3.41. The zero-order chi connectivity index (χ0) is 22.9. The molecule has 5 rings (SSSR count). The fourth-order valence-electron chi connectivity index (χ4n) is 5.05. The highest BCUT2D eigenvalue weighted by Crippen LogP contribution is 2.33. The Hall–Kier alpha value is -2.38. The van der Waals surface area contributed by atoms with E-state index in [9.17, 15) is 9.59 Å². The van der Waals surface area contributed by atoms with Crippen molar-refractivity contribution in [3.8, 4) is 5.69 Å². The molecule has 0 radical (unpaired) electrons. The number of nitrogens with one attached hydrogen (secondary N) is 1. The summed E-state index contributed by atoms with van der Waals surface area (Å²) in [5.41, 5.74) is 1.68. The maximum Gasteiger partial charge on any atom is 0.261 e. The molecule has 2 aliphatic rings. The van der Waals surface area contributed by atoms with Crippen molar-refractivity contribution in [3.05, 3.63) is 45.9 Å². The lowest BCUT2D eigenvalue weighted by Crippen LogP contribution is -2.48. The first kappa shape index (κ1) is 22.4. The molecule has 1 aromatic carbocycles. The number of rotatable bonds is 4. The normalized spacial score (nSPS) is 18.1. The zero-order valence-corrected chi connectivity index (χ0v) is 20.4. The molecule has 2 fully saturated rings. The summed E-state index contributed by atoms with van der Waals surface area (Å²) in [4.78, 5) is 29.4. The monoisotopic (exact) mass is 484 g/mol. The molecule has 0 atom stereocenters. The Bertz CT molecular complexity index is 1170. The molecule has 174 valence electrons. The van der Waals surface area contributed by atoms with Crippen LogP contribution in [-0.4, -0.2) is 45.6 Å². The van der Waals surface area contributed by atoms with E-state index in [0.717, 1.165) is 60.4 Å². The van der Waals surface area contributed by atoms with E-state index in [4.69, 9.17) is 11.6 Å². The van der Waals surface area contributed by atoms with Gasteiger partial charge in [0.2, 0.25) is 5.91 Å². The number of likely N-dealkylation sites (tertiary alicyclic amines) is 1. The van der Waals surface area contributed by atoms with Crippen molar-refractivity contribution in [1.29, 1.82) is 0 Å². The highest BCUT2D eigenvalue weighted by atomic mass is 35.5. The molecule has 1 N–H and O–H groups in total. The predicted octanol–water partition coefficient (Wildman–Crippen LogP) is 5.35. The molecule has 1 aliphatic carbocycles. The molecule has 1 aliphatic heterocycles. The summed E-state index contributed by atoms with van der Waals surface area (Å²) in [6, 6.07) is 9.60. The topological polar surface area (TPSA) is 67.2 Å². The molecule has 0 spiro atoms. The van der Waals surface area contributed by atoms with Crippen LogP contribution in [0.3, 0.4) is 0 Å². The molecule has 2 aromatic heterocycles. The first-order valence-corrected chi connectivity index (χ1v) is 13.0. The minimum Gasteiger partial charge on any atom is -0.348 e. The first-order valence-electron chi connectivity index (χ1n) is 11.8. The Labute approximate surface area is 202 Å². The van der Waals surface area contributed by atoms with Crippen molar-refractivity contribution in [1.82, 2.24) is 20.0 Å². The van der Waals surface area contributed by atoms with Gasteiger partial charge in [-0.2, -0.15) is 5.10 Å². The number of hydrogen-bond acceptors (Lipinski definition) is 4. The summed E-state index contributed by atoms with van der Waals surface area (Å²) in [5, 5.41) is 9.42. The first-order chi connectivity index (χ1) is 16.0. The quantitative estimate of drug-likeness (QED) is 0.542. The standard InChI is InChI=1S/C25H29ClN4O2S/c1-16-19-15-22(33-25(19)30(28-16)21-10-6-5-9-20(21)26)23(31)27-18-11-13-29(14-12-18)24(32)17-7-3-2-4-8-17/h5-6,9-10,15,17-18H,2-4,7-8,11-14H2,1H3,(H,27,31). The van der Waals surface area contributed by atoms with Gasteiger partial charge in [-0.1, -0.05) is 43.0 Å². The van der Waals surface area contributed by atoms with Crippen LogP contribution < -0.4 is 5.32 Å². The van der Waals surface area contributed by atoms with Crippen molar-refractivity contribution >= 4 is 45.0 Å². The van der Waals surface area contributed by atoms with Gasteiger partial charge in [0.1, 0.15) is 4.83 Å². The van der Waals surface area contributed by atoms with Crippen LogP contribution in [0.4, 0.5) is 0 Å². The van der Waals surface area contributed by atoms with Crippen LogP contribution in [0.1, 0.15) is 60.3 Å². The van der Waals surface area contributed by atoms with Crippen molar-refractivity contribution in [3.63, 3.8) is 0 Å². The summed E-state index contributed by atoms with van der Waals surface area (Å²) in [7, 11) is 0. The van der Waals surface area contributed by atoms with Gasteiger partial charge in [0.05, 0.1) is 21.3 Å². The average Bonchev–Trinajstić information content (AvgIpc) is 3.41. The van der Waals surface area contributed by atoms with Crippen LogP contribution in [0, 0.1) is 12.8 Å².